The average molecular weight is 305 g/mol. The van der Waals surface area contributed by atoms with Gasteiger partial charge in [0, 0.05) is 40.6 Å². The number of sulfonamides is 1. The highest BCUT2D eigenvalue weighted by molar-refractivity contribution is 7.89. The smallest absolute Gasteiger partial charge is 0.242 e. The number of benzene rings is 1. The van der Waals surface area contributed by atoms with E-state index in [1.807, 2.05) is 6.92 Å². The van der Waals surface area contributed by atoms with Gasteiger partial charge in [0.15, 0.2) is 0 Å². The molecule has 3 aromatic rings. The zero-order valence-corrected chi connectivity index (χ0v) is 12.2. The number of hydrogen-bond acceptors (Lipinski definition) is 4. The maximum absolute atomic E-state index is 12.4. The van der Waals surface area contributed by atoms with Crippen LogP contribution < -0.4 is 10.5 Å². The van der Waals surface area contributed by atoms with Crippen molar-refractivity contribution in [2.45, 2.75) is 18.4 Å². The molecule has 0 fully saturated rings. The molecule has 7 nitrogen and oxygen atoms in total. The average Bonchev–Trinajstić information content (AvgIpc) is 3.02. The predicted octanol–water partition coefficient (Wildman–Crippen LogP) is 1.26. The monoisotopic (exact) mass is 305 g/mol. The van der Waals surface area contributed by atoms with E-state index in [-0.39, 0.29) is 11.4 Å². The first-order chi connectivity index (χ1) is 9.97. The summed E-state index contributed by atoms with van der Waals surface area (Å²) in [7, 11) is -3.63. The van der Waals surface area contributed by atoms with Crippen LogP contribution in [0.5, 0.6) is 0 Å². The van der Waals surface area contributed by atoms with Gasteiger partial charge in [0.1, 0.15) is 4.90 Å². The molecule has 110 valence electrons. The highest BCUT2D eigenvalue weighted by Gasteiger charge is 2.19. The summed E-state index contributed by atoms with van der Waals surface area (Å²) in [4.78, 5) is 3.12. The minimum Gasteiger partial charge on any atom is -0.399 e. The second-order valence-corrected chi connectivity index (χ2v) is 6.54. The van der Waals surface area contributed by atoms with Crippen LogP contribution in [0.25, 0.3) is 10.9 Å². The van der Waals surface area contributed by atoms with E-state index in [2.05, 4.69) is 19.9 Å². The van der Waals surface area contributed by atoms with Gasteiger partial charge in [0.25, 0.3) is 0 Å². The number of aromatic amines is 2. The van der Waals surface area contributed by atoms with E-state index in [1.54, 1.807) is 24.4 Å². The molecular weight excluding hydrogens is 290 g/mol. The van der Waals surface area contributed by atoms with E-state index in [4.69, 9.17) is 5.73 Å². The number of anilines is 1. The fraction of sp³-hybridized carbons (Fsp3) is 0.154. The minimum absolute atomic E-state index is 0.180. The fourth-order valence-corrected chi connectivity index (χ4v) is 3.31. The van der Waals surface area contributed by atoms with Crippen molar-refractivity contribution in [2.75, 3.05) is 5.73 Å². The largest absolute Gasteiger partial charge is 0.399 e. The van der Waals surface area contributed by atoms with Gasteiger partial charge in [-0.05, 0) is 25.1 Å². The first-order valence-electron chi connectivity index (χ1n) is 6.32. The number of fused-ring (bicyclic) bond motifs is 1. The molecule has 0 aliphatic rings. The number of aryl methyl sites for hydroxylation is 1. The summed E-state index contributed by atoms with van der Waals surface area (Å²) in [6.45, 7) is 2.02. The molecule has 5 N–H and O–H groups in total. The Morgan fingerprint density at radius 2 is 2.19 bits per heavy atom. The normalized spacial score (nSPS) is 12.0. The molecule has 2 aromatic heterocycles. The van der Waals surface area contributed by atoms with Crippen molar-refractivity contribution in [2.24, 2.45) is 0 Å². The van der Waals surface area contributed by atoms with Crippen LogP contribution in [0.2, 0.25) is 0 Å². The molecule has 0 aliphatic carbocycles. The van der Waals surface area contributed by atoms with Crippen molar-refractivity contribution in [1.82, 2.24) is 19.9 Å². The standard InChI is InChI=1S/C13H15N5O2S/c1-8-9(5-16-18-8)6-17-21(19,20)13-7-15-12-3-2-10(14)4-11(12)13/h2-5,7,15,17H,6,14H2,1H3,(H,16,18). The summed E-state index contributed by atoms with van der Waals surface area (Å²) < 4.78 is 27.4. The number of rotatable bonds is 4. The molecule has 0 unspecified atom stereocenters. The molecule has 0 aliphatic heterocycles. The molecule has 3 rings (SSSR count). The Balaban J connectivity index is 1.93. The Bertz CT molecular complexity index is 894. The summed E-state index contributed by atoms with van der Waals surface area (Å²) in [6.07, 6.45) is 3.07. The van der Waals surface area contributed by atoms with Crippen molar-refractivity contribution in [1.29, 1.82) is 0 Å². The SMILES string of the molecule is Cc1[nH]ncc1CNS(=O)(=O)c1c[nH]c2ccc(N)cc12. The summed E-state index contributed by atoms with van der Waals surface area (Å²) >= 11 is 0. The van der Waals surface area contributed by atoms with Crippen LogP contribution in [0.1, 0.15) is 11.3 Å². The van der Waals surface area contributed by atoms with Gasteiger partial charge in [-0.15, -0.1) is 0 Å². The zero-order valence-electron chi connectivity index (χ0n) is 11.3. The number of nitrogen functional groups attached to an aromatic ring is 1. The van der Waals surface area contributed by atoms with Gasteiger partial charge in [-0.1, -0.05) is 0 Å². The fourth-order valence-electron chi connectivity index (χ4n) is 2.14. The number of hydrogen-bond donors (Lipinski definition) is 4. The Hall–Kier alpha value is -2.32. The maximum atomic E-state index is 12.4. The van der Waals surface area contributed by atoms with Gasteiger partial charge >= 0.3 is 0 Å². The lowest BCUT2D eigenvalue weighted by Crippen LogP contribution is -2.23. The van der Waals surface area contributed by atoms with Crippen molar-refractivity contribution in [3.05, 3.63) is 41.9 Å². The molecule has 21 heavy (non-hydrogen) atoms. The van der Waals surface area contributed by atoms with Gasteiger partial charge < -0.3 is 10.7 Å². The van der Waals surface area contributed by atoms with E-state index in [0.29, 0.717) is 11.1 Å². The van der Waals surface area contributed by atoms with Crippen LogP contribution in [-0.2, 0) is 16.6 Å². The molecule has 0 saturated heterocycles. The van der Waals surface area contributed by atoms with Crippen LogP contribution >= 0.6 is 0 Å². The lowest BCUT2D eigenvalue weighted by molar-refractivity contribution is 0.582. The van der Waals surface area contributed by atoms with E-state index in [9.17, 15) is 8.42 Å². The van der Waals surface area contributed by atoms with E-state index >= 15 is 0 Å². The highest BCUT2D eigenvalue weighted by Crippen LogP contribution is 2.24. The van der Waals surface area contributed by atoms with E-state index in [1.165, 1.54) is 6.20 Å². The van der Waals surface area contributed by atoms with Crippen molar-refractivity contribution >= 4 is 26.6 Å². The van der Waals surface area contributed by atoms with Gasteiger partial charge in [-0.25, -0.2) is 13.1 Å². The molecule has 1 aromatic carbocycles. The molecular formula is C13H15N5O2S. The topological polar surface area (TPSA) is 117 Å². The minimum atomic E-state index is -3.63. The van der Waals surface area contributed by atoms with Gasteiger partial charge in [0.2, 0.25) is 10.0 Å². The first kappa shape index (κ1) is 13.7. The molecule has 8 heteroatoms. The second-order valence-electron chi connectivity index (χ2n) is 4.80. The number of nitrogens with one attached hydrogen (secondary N) is 3. The van der Waals surface area contributed by atoms with Gasteiger partial charge in [0.05, 0.1) is 6.20 Å². The molecule has 0 amide bonds. The summed E-state index contributed by atoms with van der Waals surface area (Å²) in [5.41, 5.74) is 8.61. The molecule has 0 atom stereocenters. The Labute approximate surface area is 121 Å². The highest BCUT2D eigenvalue weighted by atomic mass is 32.2. The molecule has 0 radical (unpaired) electrons. The number of aromatic nitrogens is 3. The summed E-state index contributed by atoms with van der Waals surface area (Å²) in [5.74, 6) is 0. The first-order valence-corrected chi connectivity index (χ1v) is 7.81. The predicted molar refractivity (Wildman–Crippen MR) is 80.1 cm³/mol. The zero-order chi connectivity index (χ0) is 15.0. The van der Waals surface area contributed by atoms with Gasteiger partial charge in [-0.3, -0.25) is 5.10 Å². The Morgan fingerprint density at radius 1 is 1.38 bits per heavy atom. The van der Waals surface area contributed by atoms with Crippen LogP contribution in [0, 0.1) is 6.92 Å². The van der Waals surface area contributed by atoms with Crippen LogP contribution in [0.4, 0.5) is 5.69 Å². The third-order valence-corrected chi connectivity index (χ3v) is 4.79. The Morgan fingerprint density at radius 3 is 2.90 bits per heavy atom. The third kappa shape index (κ3) is 2.50. The van der Waals surface area contributed by atoms with Crippen molar-refractivity contribution in [3.63, 3.8) is 0 Å². The number of nitrogens with two attached hydrogens (primary N) is 1. The molecule has 0 saturated carbocycles. The second kappa shape index (κ2) is 4.90. The number of nitrogens with zero attached hydrogens (tertiary/aromatic N) is 1. The van der Waals surface area contributed by atoms with Crippen molar-refractivity contribution < 1.29 is 8.42 Å². The lowest BCUT2D eigenvalue weighted by Gasteiger charge is -2.05. The van der Waals surface area contributed by atoms with Crippen LogP contribution in [0.3, 0.4) is 0 Å². The maximum Gasteiger partial charge on any atom is 0.242 e. The van der Waals surface area contributed by atoms with E-state index < -0.39 is 10.0 Å². The Kier molecular flexibility index (Phi) is 3.19. The van der Waals surface area contributed by atoms with Gasteiger partial charge in [-0.2, -0.15) is 5.10 Å². The molecule has 0 spiro atoms. The van der Waals surface area contributed by atoms with Crippen molar-refractivity contribution in [3.8, 4) is 0 Å². The molecule has 2 heterocycles. The quantitative estimate of drug-likeness (QED) is 0.543. The summed E-state index contributed by atoms with van der Waals surface area (Å²) in [6, 6.07) is 5.12. The van der Waals surface area contributed by atoms with E-state index in [0.717, 1.165) is 16.8 Å². The lowest BCUT2D eigenvalue weighted by atomic mass is 10.2. The number of H-pyrrole nitrogens is 2. The van der Waals surface area contributed by atoms with Crippen LogP contribution in [0.15, 0.2) is 35.5 Å². The molecule has 0 bridgehead atoms. The third-order valence-electron chi connectivity index (χ3n) is 3.34. The van der Waals surface area contributed by atoms with Crippen LogP contribution in [-0.4, -0.2) is 23.6 Å². The summed E-state index contributed by atoms with van der Waals surface area (Å²) in [5, 5.41) is 7.21.